The Labute approximate surface area is 77.2 Å². The molecule has 1 rings (SSSR count). The van der Waals surface area contributed by atoms with E-state index in [2.05, 4.69) is 0 Å². The van der Waals surface area contributed by atoms with Crippen molar-refractivity contribution in [2.75, 3.05) is 11.5 Å². The molecular formula is C8H12O4S. The van der Waals surface area contributed by atoms with Crippen LogP contribution in [0.25, 0.3) is 0 Å². The lowest BCUT2D eigenvalue weighted by molar-refractivity contribution is -0.132. The van der Waals surface area contributed by atoms with Crippen molar-refractivity contribution in [2.24, 2.45) is 0 Å². The maximum Gasteiger partial charge on any atom is 0.331 e. The number of carboxylic acids is 1. The molecular weight excluding hydrogens is 192 g/mol. The van der Waals surface area contributed by atoms with E-state index in [1.165, 1.54) is 0 Å². The number of sulfone groups is 1. The van der Waals surface area contributed by atoms with Crippen LogP contribution in [-0.2, 0) is 14.6 Å². The van der Waals surface area contributed by atoms with E-state index in [1.54, 1.807) is 6.92 Å². The van der Waals surface area contributed by atoms with E-state index in [0.717, 1.165) is 0 Å². The van der Waals surface area contributed by atoms with Crippen LogP contribution in [0, 0.1) is 0 Å². The summed E-state index contributed by atoms with van der Waals surface area (Å²) in [5.41, 5.74) is 0.844. The Hall–Kier alpha value is -0.840. The van der Waals surface area contributed by atoms with E-state index in [0.29, 0.717) is 18.4 Å². The summed E-state index contributed by atoms with van der Waals surface area (Å²) in [5, 5.41) is 8.75. The Morgan fingerprint density at radius 2 is 2.15 bits per heavy atom. The van der Waals surface area contributed by atoms with Crippen LogP contribution in [0.1, 0.15) is 19.8 Å². The predicted octanol–water partition coefficient (Wildman–Crippen LogP) is 0.596. The predicted molar refractivity (Wildman–Crippen MR) is 48.2 cm³/mol. The van der Waals surface area contributed by atoms with Crippen molar-refractivity contribution in [2.45, 2.75) is 19.8 Å². The normalized spacial score (nSPS) is 24.4. The van der Waals surface area contributed by atoms with Gasteiger partial charge in [0.2, 0.25) is 0 Å². The molecule has 13 heavy (non-hydrogen) atoms. The topological polar surface area (TPSA) is 71.4 Å². The lowest BCUT2D eigenvalue weighted by atomic mass is 10.1. The highest BCUT2D eigenvalue weighted by Crippen LogP contribution is 2.22. The highest BCUT2D eigenvalue weighted by molar-refractivity contribution is 7.91. The molecule has 0 spiro atoms. The van der Waals surface area contributed by atoms with Crippen LogP contribution in [0.4, 0.5) is 0 Å². The molecule has 1 saturated heterocycles. The van der Waals surface area contributed by atoms with Crippen molar-refractivity contribution >= 4 is 15.8 Å². The molecule has 0 aromatic carbocycles. The maximum absolute atomic E-state index is 11.1. The standard InChI is InChI=1S/C8H12O4S/c1-2-7(8(9)10)6-3-4-13(11,12)5-6/h2-5H2,1H3,(H,9,10)/b7-6-. The van der Waals surface area contributed by atoms with E-state index >= 15 is 0 Å². The number of aliphatic carboxylic acids is 1. The van der Waals surface area contributed by atoms with Crippen molar-refractivity contribution in [1.82, 2.24) is 0 Å². The first-order valence-corrected chi connectivity index (χ1v) is 5.93. The minimum absolute atomic E-state index is 0.0670. The summed E-state index contributed by atoms with van der Waals surface area (Å²) in [6, 6.07) is 0. The van der Waals surface area contributed by atoms with Gasteiger partial charge < -0.3 is 5.11 Å². The van der Waals surface area contributed by atoms with Crippen LogP contribution in [0.3, 0.4) is 0 Å². The lowest BCUT2D eigenvalue weighted by Gasteiger charge is -2.01. The lowest BCUT2D eigenvalue weighted by Crippen LogP contribution is -2.05. The molecule has 0 aromatic rings. The molecule has 1 N–H and O–H groups in total. The first-order valence-electron chi connectivity index (χ1n) is 4.11. The van der Waals surface area contributed by atoms with Gasteiger partial charge in [-0.3, -0.25) is 0 Å². The molecule has 1 aliphatic rings. The fourth-order valence-electron chi connectivity index (χ4n) is 1.48. The Balaban J connectivity index is 3.00. The van der Waals surface area contributed by atoms with Crippen molar-refractivity contribution in [1.29, 1.82) is 0 Å². The molecule has 0 unspecified atom stereocenters. The van der Waals surface area contributed by atoms with Gasteiger partial charge in [0.15, 0.2) is 9.84 Å². The first-order chi connectivity index (χ1) is 5.96. The average molecular weight is 204 g/mol. The van der Waals surface area contributed by atoms with Crippen molar-refractivity contribution < 1.29 is 18.3 Å². The number of hydrogen-bond acceptors (Lipinski definition) is 3. The minimum Gasteiger partial charge on any atom is -0.478 e. The summed E-state index contributed by atoms with van der Waals surface area (Å²) in [4.78, 5) is 10.7. The maximum atomic E-state index is 11.1. The van der Waals surface area contributed by atoms with Gasteiger partial charge in [0.05, 0.1) is 11.5 Å². The van der Waals surface area contributed by atoms with Crippen LogP contribution < -0.4 is 0 Å². The largest absolute Gasteiger partial charge is 0.478 e. The molecule has 1 heterocycles. The zero-order valence-electron chi connectivity index (χ0n) is 7.41. The van der Waals surface area contributed by atoms with E-state index in [9.17, 15) is 13.2 Å². The Morgan fingerprint density at radius 1 is 1.54 bits per heavy atom. The molecule has 1 aliphatic heterocycles. The van der Waals surface area contributed by atoms with E-state index in [-0.39, 0.29) is 17.1 Å². The van der Waals surface area contributed by atoms with Crippen LogP contribution in [0.2, 0.25) is 0 Å². The molecule has 74 valence electrons. The molecule has 0 bridgehead atoms. The van der Waals surface area contributed by atoms with Gasteiger partial charge in [-0.1, -0.05) is 6.92 Å². The van der Waals surface area contributed by atoms with Crippen molar-refractivity contribution in [3.63, 3.8) is 0 Å². The summed E-state index contributed by atoms with van der Waals surface area (Å²) in [5.74, 6) is -0.962. The highest BCUT2D eigenvalue weighted by atomic mass is 32.2. The van der Waals surface area contributed by atoms with Gasteiger partial charge in [-0.05, 0) is 18.4 Å². The number of carboxylic acid groups (broad SMARTS) is 1. The monoisotopic (exact) mass is 204 g/mol. The number of rotatable bonds is 2. The molecule has 1 fully saturated rings. The van der Waals surface area contributed by atoms with Gasteiger partial charge in [-0.25, -0.2) is 13.2 Å². The van der Waals surface area contributed by atoms with Crippen LogP contribution >= 0.6 is 0 Å². The van der Waals surface area contributed by atoms with Gasteiger partial charge in [-0.15, -0.1) is 0 Å². The Morgan fingerprint density at radius 3 is 2.46 bits per heavy atom. The second-order valence-corrected chi connectivity index (χ2v) is 5.27. The van der Waals surface area contributed by atoms with Gasteiger partial charge in [0, 0.05) is 5.57 Å². The summed E-state index contributed by atoms with van der Waals surface area (Å²) in [6.07, 6.45) is 0.776. The fraction of sp³-hybridized carbons (Fsp3) is 0.625. The number of hydrogen-bond donors (Lipinski definition) is 1. The third-order valence-corrected chi connectivity index (χ3v) is 3.76. The smallest absolute Gasteiger partial charge is 0.331 e. The van der Waals surface area contributed by atoms with Gasteiger partial charge in [0.25, 0.3) is 0 Å². The number of carbonyl (C=O) groups is 1. The zero-order valence-corrected chi connectivity index (χ0v) is 8.23. The molecule has 0 aliphatic carbocycles. The van der Waals surface area contributed by atoms with Gasteiger partial charge >= 0.3 is 5.97 Å². The quantitative estimate of drug-likeness (QED) is 0.668. The third-order valence-electron chi connectivity index (χ3n) is 2.15. The zero-order chi connectivity index (χ0) is 10.1. The molecule has 4 nitrogen and oxygen atoms in total. The summed E-state index contributed by atoms with van der Waals surface area (Å²) in [7, 11) is -3.01. The van der Waals surface area contributed by atoms with Gasteiger partial charge in [0.1, 0.15) is 0 Å². The fourth-order valence-corrected chi connectivity index (χ4v) is 3.03. The van der Waals surface area contributed by atoms with Gasteiger partial charge in [-0.2, -0.15) is 0 Å². The van der Waals surface area contributed by atoms with Crippen molar-refractivity contribution in [3.05, 3.63) is 11.1 Å². The molecule has 5 heteroatoms. The van der Waals surface area contributed by atoms with Crippen LogP contribution in [0.5, 0.6) is 0 Å². The van der Waals surface area contributed by atoms with Crippen molar-refractivity contribution in [3.8, 4) is 0 Å². The Kier molecular flexibility index (Phi) is 2.75. The average Bonchev–Trinajstić information content (AvgIpc) is 2.31. The first kappa shape index (κ1) is 10.2. The second-order valence-electron chi connectivity index (χ2n) is 3.08. The summed E-state index contributed by atoms with van der Waals surface area (Å²) >= 11 is 0. The Bertz CT molecular complexity index is 350. The SMILES string of the molecule is CC/C(C(=O)O)=C1\CCS(=O)(=O)C1. The third kappa shape index (κ3) is 2.30. The van der Waals surface area contributed by atoms with E-state index in [4.69, 9.17) is 5.11 Å². The van der Waals surface area contributed by atoms with Crippen LogP contribution in [0.15, 0.2) is 11.1 Å². The molecule has 0 atom stereocenters. The molecule has 0 radical (unpaired) electrons. The summed E-state index contributed by atoms with van der Waals surface area (Å²) < 4.78 is 22.1. The van der Waals surface area contributed by atoms with E-state index < -0.39 is 15.8 Å². The molecule has 0 saturated carbocycles. The molecule has 0 amide bonds. The second kappa shape index (κ2) is 3.49. The molecule has 0 aromatic heterocycles. The highest BCUT2D eigenvalue weighted by Gasteiger charge is 2.26. The minimum atomic E-state index is -3.01. The van der Waals surface area contributed by atoms with E-state index in [1.807, 2.05) is 0 Å². The van der Waals surface area contributed by atoms with Crippen LogP contribution in [-0.4, -0.2) is 31.0 Å². The summed E-state index contributed by atoms with van der Waals surface area (Å²) in [6.45, 7) is 1.72.